The number of primary amides is 1. The van der Waals surface area contributed by atoms with E-state index in [4.69, 9.17) is 5.73 Å². The summed E-state index contributed by atoms with van der Waals surface area (Å²) in [6.07, 6.45) is 0. The molecule has 3 rings (SSSR count). The number of nitrogens with one attached hydrogen (secondary N) is 2. The zero-order chi connectivity index (χ0) is 21.9. The summed E-state index contributed by atoms with van der Waals surface area (Å²) < 4.78 is 28.7. The van der Waals surface area contributed by atoms with Crippen molar-refractivity contribution < 1.29 is 18.0 Å². The van der Waals surface area contributed by atoms with E-state index in [1.807, 2.05) is 13.0 Å². The molecule has 30 heavy (non-hydrogen) atoms. The summed E-state index contributed by atoms with van der Waals surface area (Å²) in [5.41, 5.74) is 7.29. The van der Waals surface area contributed by atoms with Crippen molar-refractivity contribution in [2.75, 3.05) is 10.0 Å². The fourth-order valence-corrected chi connectivity index (χ4v) is 4.27. The Morgan fingerprint density at radius 1 is 0.933 bits per heavy atom. The van der Waals surface area contributed by atoms with Gasteiger partial charge in [-0.05, 0) is 76.9 Å². The Balaban J connectivity index is 1.84. The summed E-state index contributed by atoms with van der Waals surface area (Å²) in [5.74, 6) is -1.14. The Hall–Kier alpha value is -3.17. The number of halogens is 1. The molecule has 0 atom stereocenters. The maximum absolute atomic E-state index is 12.8. The van der Waals surface area contributed by atoms with Crippen LogP contribution in [0.4, 0.5) is 11.4 Å². The zero-order valence-electron chi connectivity index (χ0n) is 15.8. The van der Waals surface area contributed by atoms with Gasteiger partial charge in [-0.1, -0.05) is 18.2 Å². The molecule has 0 bridgehead atoms. The molecule has 4 N–H and O–H groups in total. The third kappa shape index (κ3) is 5.05. The van der Waals surface area contributed by atoms with Gasteiger partial charge in [0.15, 0.2) is 0 Å². The molecule has 154 valence electrons. The highest BCUT2D eigenvalue weighted by Gasteiger charge is 2.18. The third-order valence-corrected chi connectivity index (χ3v) is 6.23. The molecule has 0 saturated heterocycles. The minimum atomic E-state index is -3.92. The first-order valence-electron chi connectivity index (χ1n) is 8.76. The van der Waals surface area contributed by atoms with Crippen LogP contribution in [-0.4, -0.2) is 20.2 Å². The molecule has 0 aliphatic rings. The number of carbonyl (C=O) groups is 2. The van der Waals surface area contributed by atoms with E-state index in [0.29, 0.717) is 15.8 Å². The van der Waals surface area contributed by atoms with Gasteiger partial charge in [0, 0.05) is 21.3 Å². The number of hydrogen-bond donors (Lipinski definition) is 3. The van der Waals surface area contributed by atoms with Crippen molar-refractivity contribution >= 4 is 49.1 Å². The van der Waals surface area contributed by atoms with Gasteiger partial charge in [-0.3, -0.25) is 14.3 Å². The van der Waals surface area contributed by atoms with E-state index in [1.54, 1.807) is 24.3 Å². The van der Waals surface area contributed by atoms with Crippen LogP contribution in [0.5, 0.6) is 0 Å². The highest BCUT2D eigenvalue weighted by atomic mass is 79.9. The van der Waals surface area contributed by atoms with Gasteiger partial charge < -0.3 is 11.1 Å². The molecular weight excluding hydrogens is 470 g/mol. The number of aryl methyl sites for hydroxylation is 1. The number of benzene rings is 3. The number of sulfonamides is 1. The molecule has 9 heteroatoms. The van der Waals surface area contributed by atoms with Crippen LogP contribution >= 0.6 is 15.9 Å². The van der Waals surface area contributed by atoms with Gasteiger partial charge in [-0.25, -0.2) is 8.42 Å². The average molecular weight is 488 g/mol. The summed E-state index contributed by atoms with van der Waals surface area (Å²) in [5, 5.41) is 2.63. The third-order valence-electron chi connectivity index (χ3n) is 4.18. The molecule has 3 aromatic carbocycles. The van der Waals surface area contributed by atoms with E-state index in [1.165, 1.54) is 36.4 Å². The van der Waals surface area contributed by atoms with Crippen molar-refractivity contribution in [2.24, 2.45) is 5.73 Å². The highest BCUT2D eigenvalue weighted by molar-refractivity contribution is 9.10. The first kappa shape index (κ1) is 21.5. The molecule has 0 spiro atoms. The summed E-state index contributed by atoms with van der Waals surface area (Å²) in [4.78, 5) is 23.8. The summed E-state index contributed by atoms with van der Waals surface area (Å²) in [6.45, 7) is 1.85. The topological polar surface area (TPSA) is 118 Å². The maximum atomic E-state index is 12.8. The largest absolute Gasteiger partial charge is 0.366 e. The molecule has 7 nitrogen and oxygen atoms in total. The molecule has 3 aromatic rings. The summed E-state index contributed by atoms with van der Waals surface area (Å²) in [6, 6.07) is 17.1. The second-order valence-electron chi connectivity index (χ2n) is 6.52. The van der Waals surface area contributed by atoms with Crippen LogP contribution in [0.2, 0.25) is 0 Å². The highest BCUT2D eigenvalue weighted by Crippen LogP contribution is 2.26. The van der Waals surface area contributed by atoms with Gasteiger partial charge in [-0.15, -0.1) is 0 Å². The standard InChI is InChI=1S/C21H18BrN3O4S/c1-13-8-9-18(22)19(10-13)25-30(28,29)17-7-3-5-15(12-17)21(27)24-16-6-2-4-14(11-16)20(23)26/h2-12,25H,1H3,(H2,23,26)(H,24,27). The number of carbonyl (C=O) groups excluding carboxylic acids is 2. The average Bonchev–Trinajstić information content (AvgIpc) is 2.71. The second kappa shape index (κ2) is 8.68. The van der Waals surface area contributed by atoms with Crippen molar-refractivity contribution in [1.82, 2.24) is 0 Å². The molecule has 0 heterocycles. The van der Waals surface area contributed by atoms with Gasteiger partial charge in [0.2, 0.25) is 5.91 Å². The normalized spacial score (nSPS) is 11.0. The number of amides is 2. The molecule has 0 radical (unpaired) electrons. The summed E-state index contributed by atoms with van der Waals surface area (Å²) in [7, 11) is -3.92. The molecular formula is C21H18BrN3O4S. The molecule has 0 aliphatic carbocycles. The molecule has 0 aliphatic heterocycles. The molecule has 0 fully saturated rings. The monoisotopic (exact) mass is 487 g/mol. The van der Waals surface area contributed by atoms with E-state index in [0.717, 1.165) is 5.56 Å². The van der Waals surface area contributed by atoms with Crippen LogP contribution in [0, 0.1) is 6.92 Å². The maximum Gasteiger partial charge on any atom is 0.261 e. The van der Waals surface area contributed by atoms with Crippen molar-refractivity contribution in [3.63, 3.8) is 0 Å². The first-order valence-corrected chi connectivity index (χ1v) is 11.0. The number of rotatable bonds is 6. The summed E-state index contributed by atoms with van der Waals surface area (Å²) >= 11 is 3.32. The SMILES string of the molecule is Cc1ccc(Br)c(NS(=O)(=O)c2cccc(C(=O)Nc3cccc(C(N)=O)c3)c2)c1. The quantitative estimate of drug-likeness (QED) is 0.488. The zero-order valence-corrected chi connectivity index (χ0v) is 18.2. The predicted molar refractivity (Wildman–Crippen MR) is 119 cm³/mol. The van der Waals surface area contributed by atoms with E-state index in [9.17, 15) is 18.0 Å². The van der Waals surface area contributed by atoms with Crippen LogP contribution in [0.3, 0.4) is 0 Å². The van der Waals surface area contributed by atoms with Crippen molar-refractivity contribution in [3.8, 4) is 0 Å². The fraction of sp³-hybridized carbons (Fsp3) is 0.0476. The van der Waals surface area contributed by atoms with Gasteiger partial charge in [-0.2, -0.15) is 0 Å². The molecule has 0 aromatic heterocycles. The number of nitrogens with two attached hydrogens (primary N) is 1. The van der Waals surface area contributed by atoms with Crippen LogP contribution in [0.25, 0.3) is 0 Å². The molecule has 0 saturated carbocycles. The Bertz CT molecular complexity index is 1240. The Kier molecular flexibility index (Phi) is 6.23. The van der Waals surface area contributed by atoms with Crippen LogP contribution in [0.15, 0.2) is 76.1 Å². The van der Waals surface area contributed by atoms with E-state index < -0.39 is 21.8 Å². The van der Waals surface area contributed by atoms with Gasteiger partial charge in [0.25, 0.3) is 15.9 Å². The lowest BCUT2D eigenvalue weighted by Crippen LogP contribution is -2.17. The Morgan fingerprint density at radius 2 is 1.63 bits per heavy atom. The lowest BCUT2D eigenvalue weighted by molar-refractivity contribution is 0.0996. The van der Waals surface area contributed by atoms with Gasteiger partial charge in [0.1, 0.15) is 0 Å². The number of hydrogen-bond acceptors (Lipinski definition) is 4. The van der Waals surface area contributed by atoms with Gasteiger partial charge in [0.05, 0.1) is 10.6 Å². The van der Waals surface area contributed by atoms with Crippen LogP contribution in [0.1, 0.15) is 26.3 Å². The first-order chi connectivity index (χ1) is 14.2. The van der Waals surface area contributed by atoms with E-state index in [2.05, 4.69) is 26.0 Å². The lowest BCUT2D eigenvalue weighted by atomic mass is 10.1. The molecule has 2 amide bonds. The minimum absolute atomic E-state index is 0.0607. The minimum Gasteiger partial charge on any atom is -0.366 e. The molecule has 0 unspecified atom stereocenters. The van der Waals surface area contributed by atoms with Gasteiger partial charge >= 0.3 is 0 Å². The number of anilines is 2. The lowest BCUT2D eigenvalue weighted by Gasteiger charge is -2.12. The Labute approximate surface area is 182 Å². The second-order valence-corrected chi connectivity index (χ2v) is 9.05. The fourth-order valence-electron chi connectivity index (χ4n) is 2.68. The van der Waals surface area contributed by atoms with E-state index in [-0.39, 0.29) is 16.0 Å². The predicted octanol–water partition coefficient (Wildman–Crippen LogP) is 3.91. The van der Waals surface area contributed by atoms with Crippen molar-refractivity contribution in [3.05, 3.63) is 87.9 Å². The van der Waals surface area contributed by atoms with Crippen molar-refractivity contribution in [2.45, 2.75) is 11.8 Å². The van der Waals surface area contributed by atoms with Crippen LogP contribution < -0.4 is 15.8 Å². The van der Waals surface area contributed by atoms with E-state index >= 15 is 0 Å². The smallest absolute Gasteiger partial charge is 0.261 e. The van der Waals surface area contributed by atoms with Crippen molar-refractivity contribution in [1.29, 1.82) is 0 Å². The van der Waals surface area contributed by atoms with Crippen LogP contribution in [-0.2, 0) is 10.0 Å². The Morgan fingerprint density at radius 3 is 2.37 bits per heavy atom.